The van der Waals surface area contributed by atoms with E-state index in [0.717, 1.165) is 12.2 Å². The Labute approximate surface area is 182 Å². The molecule has 0 saturated heterocycles. The fourth-order valence-electron chi connectivity index (χ4n) is 2.60. The summed E-state index contributed by atoms with van der Waals surface area (Å²) in [5, 5.41) is 3.37. The molecule has 30 heavy (non-hydrogen) atoms. The van der Waals surface area contributed by atoms with Gasteiger partial charge in [-0.25, -0.2) is 4.98 Å². The van der Waals surface area contributed by atoms with Crippen molar-refractivity contribution >= 4 is 17.5 Å². The minimum Gasteiger partial charge on any atom is -0.431 e. The number of nitrogens with zero attached hydrogens (tertiary/aromatic N) is 2. The zero-order chi connectivity index (χ0) is 22.1. The molecule has 0 fully saturated rings. The van der Waals surface area contributed by atoms with Gasteiger partial charge in [-0.2, -0.15) is 0 Å². The van der Waals surface area contributed by atoms with Crippen molar-refractivity contribution in [1.29, 1.82) is 0 Å². The number of rotatable bonds is 10. The van der Waals surface area contributed by atoms with Crippen molar-refractivity contribution < 1.29 is 13.9 Å². The van der Waals surface area contributed by atoms with E-state index in [4.69, 9.17) is 20.8 Å². The van der Waals surface area contributed by atoms with Crippen molar-refractivity contribution in [1.82, 2.24) is 15.2 Å². The van der Waals surface area contributed by atoms with Gasteiger partial charge in [-0.3, -0.25) is 4.79 Å². The summed E-state index contributed by atoms with van der Waals surface area (Å²) in [6.07, 6.45) is 5.98. The van der Waals surface area contributed by atoms with Gasteiger partial charge in [-0.1, -0.05) is 43.3 Å². The van der Waals surface area contributed by atoms with Gasteiger partial charge < -0.3 is 19.4 Å². The molecule has 0 aliphatic rings. The van der Waals surface area contributed by atoms with Gasteiger partial charge in [0.25, 0.3) is 5.91 Å². The van der Waals surface area contributed by atoms with Crippen molar-refractivity contribution in [3.05, 3.63) is 76.9 Å². The third kappa shape index (κ3) is 6.08. The van der Waals surface area contributed by atoms with Crippen molar-refractivity contribution in [2.75, 3.05) is 27.3 Å². The molecule has 0 aliphatic carbocycles. The molecule has 0 atom stereocenters. The summed E-state index contributed by atoms with van der Waals surface area (Å²) in [5.74, 6) is 0.137. The number of aryl methyl sites for hydroxylation is 1. The number of amides is 1. The number of carbonyl (C=O) groups excluding carboxylic acids is 1. The van der Waals surface area contributed by atoms with Gasteiger partial charge in [0.1, 0.15) is 0 Å². The summed E-state index contributed by atoms with van der Waals surface area (Å²) in [5.41, 5.74) is 2.65. The second-order valence-electron chi connectivity index (χ2n) is 6.57. The summed E-state index contributed by atoms with van der Waals surface area (Å²) in [4.78, 5) is 19.3. The lowest BCUT2D eigenvalue weighted by atomic mass is 10.2. The van der Waals surface area contributed by atoms with Crippen molar-refractivity contribution in [3.63, 3.8) is 0 Å². The van der Waals surface area contributed by atoms with Crippen LogP contribution in [-0.4, -0.2) is 43.1 Å². The Bertz CT molecular complexity index is 947. The summed E-state index contributed by atoms with van der Waals surface area (Å²) < 4.78 is 10.9. The van der Waals surface area contributed by atoms with Gasteiger partial charge in [0.15, 0.2) is 0 Å². The monoisotopic (exact) mass is 429 g/mol. The molecule has 2 rings (SSSR count). The van der Waals surface area contributed by atoms with E-state index in [1.165, 1.54) is 0 Å². The van der Waals surface area contributed by atoms with Crippen molar-refractivity contribution in [2.45, 2.75) is 20.3 Å². The van der Waals surface area contributed by atoms with E-state index in [0.29, 0.717) is 40.9 Å². The maximum Gasteiger partial charge on any atom is 0.293 e. The van der Waals surface area contributed by atoms with Crippen molar-refractivity contribution in [3.8, 4) is 11.5 Å². The molecule has 1 N–H and O–H groups in total. The van der Waals surface area contributed by atoms with E-state index < -0.39 is 0 Å². The van der Waals surface area contributed by atoms with Gasteiger partial charge in [0, 0.05) is 32.1 Å². The number of allylic oxidation sites excluding steroid dienone is 3. The maximum absolute atomic E-state index is 12.8. The molecule has 1 aromatic heterocycles. The molecule has 7 heteroatoms. The van der Waals surface area contributed by atoms with Crippen LogP contribution in [0, 0.1) is 0 Å². The van der Waals surface area contributed by atoms with Gasteiger partial charge in [0.2, 0.25) is 11.7 Å². The summed E-state index contributed by atoms with van der Waals surface area (Å²) in [7, 11) is 3.59. The highest BCUT2D eigenvalue weighted by molar-refractivity contribution is 6.33. The molecular weight excluding hydrogens is 402 g/mol. The largest absolute Gasteiger partial charge is 0.431 e. The smallest absolute Gasteiger partial charge is 0.293 e. The molecule has 0 saturated carbocycles. The van der Waals surface area contributed by atoms with Gasteiger partial charge >= 0.3 is 0 Å². The van der Waals surface area contributed by atoms with Crippen LogP contribution in [0.15, 0.2) is 64.9 Å². The summed E-state index contributed by atoms with van der Waals surface area (Å²) >= 11 is 6.24. The lowest BCUT2D eigenvalue weighted by Crippen LogP contribution is -2.23. The van der Waals surface area contributed by atoms with Crippen LogP contribution in [0.1, 0.15) is 30.1 Å². The van der Waals surface area contributed by atoms with Crippen LogP contribution in [0.2, 0.25) is 5.02 Å². The number of likely N-dealkylation sites (N-methyl/N-ethyl adjacent to an activating group) is 1. The number of halogens is 1. The molecule has 0 radical (unpaired) electrons. The van der Waals surface area contributed by atoms with Crippen LogP contribution in [-0.2, 0) is 11.2 Å². The predicted octanol–water partition coefficient (Wildman–Crippen LogP) is 4.84. The second kappa shape index (κ2) is 11.4. The third-order valence-electron chi connectivity index (χ3n) is 4.49. The first-order valence-corrected chi connectivity index (χ1v) is 10.1. The third-order valence-corrected chi connectivity index (χ3v) is 4.82. The lowest BCUT2D eigenvalue weighted by molar-refractivity contribution is 0.0939. The summed E-state index contributed by atoms with van der Waals surface area (Å²) in [6, 6.07) is 7.23. The zero-order valence-corrected chi connectivity index (χ0v) is 18.6. The lowest BCUT2D eigenvalue weighted by Gasteiger charge is -2.18. The number of methoxy groups -OCH3 is 1. The molecule has 6 nitrogen and oxygen atoms in total. The highest BCUT2D eigenvalue weighted by Gasteiger charge is 2.21. The average molecular weight is 430 g/mol. The molecule has 1 aromatic carbocycles. The average Bonchev–Trinajstić information content (AvgIpc) is 3.19. The van der Waals surface area contributed by atoms with Crippen LogP contribution < -0.4 is 5.32 Å². The topological polar surface area (TPSA) is 67.6 Å². The van der Waals surface area contributed by atoms with E-state index in [2.05, 4.69) is 16.9 Å². The predicted molar refractivity (Wildman–Crippen MR) is 120 cm³/mol. The zero-order valence-electron chi connectivity index (χ0n) is 17.9. The molecule has 0 bridgehead atoms. The Morgan fingerprint density at radius 3 is 2.73 bits per heavy atom. The number of hydrogen-bond acceptors (Lipinski definition) is 5. The minimum absolute atomic E-state index is 0.177. The molecule has 0 unspecified atom stereocenters. The fraction of sp³-hybridized carbons (Fsp3) is 0.304. The Kier molecular flexibility index (Phi) is 8.89. The van der Waals surface area contributed by atoms with E-state index in [-0.39, 0.29) is 11.7 Å². The SMILES string of the molecule is C=C(/C=C\C(=C/C)NC(=O)c1oc(-c2ccccc2Cl)nc1CC)N(C)CCOC. The van der Waals surface area contributed by atoms with E-state index in [1.54, 1.807) is 31.4 Å². The molecule has 0 spiro atoms. The highest BCUT2D eigenvalue weighted by atomic mass is 35.5. The Morgan fingerprint density at radius 2 is 2.10 bits per heavy atom. The van der Waals surface area contributed by atoms with Gasteiger partial charge in [-0.15, -0.1) is 0 Å². The Balaban J connectivity index is 2.15. The number of carbonyl (C=O) groups is 1. The summed E-state index contributed by atoms with van der Waals surface area (Å²) in [6.45, 7) is 9.11. The van der Waals surface area contributed by atoms with Crippen LogP contribution >= 0.6 is 11.6 Å². The van der Waals surface area contributed by atoms with Crippen LogP contribution in [0.5, 0.6) is 0 Å². The van der Waals surface area contributed by atoms with Crippen LogP contribution in [0.3, 0.4) is 0 Å². The minimum atomic E-state index is -0.367. The quantitative estimate of drug-likeness (QED) is 0.547. The molecule has 1 heterocycles. The van der Waals surface area contributed by atoms with E-state index in [9.17, 15) is 4.79 Å². The van der Waals surface area contributed by atoms with Gasteiger partial charge in [-0.05, 0) is 37.6 Å². The first-order valence-electron chi connectivity index (χ1n) is 9.70. The molecule has 2 aromatic rings. The van der Waals surface area contributed by atoms with Gasteiger partial charge in [0.05, 0.1) is 22.9 Å². The molecular formula is C23H28ClN3O3. The molecule has 1 amide bonds. The Morgan fingerprint density at radius 1 is 1.37 bits per heavy atom. The van der Waals surface area contributed by atoms with E-state index >= 15 is 0 Å². The second-order valence-corrected chi connectivity index (χ2v) is 6.97. The maximum atomic E-state index is 12.8. The fourth-order valence-corrected chi connectivity index (χ4v) is 2.82. The number of hydrogen-bond donors (Lipinski definition) is 1. The van der Waals surface area contributed by atoms with Crippen molar-refractivity contribution in [2.24, 2.45) is 0 Å². The first kappa shape index (κ1) is 23.4. The molecule has 0 aliphatic heterocycles. The number of nitrogens with one attached hydrogen (secondary N) is 1. The highest BCUT2D eigenvalue weighted by Crippen LogP contribution is 2.28. The number of benzene rings is 1. The molecule has 160 valence electrons. The van der Waals surface area contributed by atoms with Crippen LogP contribution in [0.25, 0.3) is 11.5 Å². The normalized spacial score (nSPS) is 11.7. The standard InChI is InChI=1S/C23H28ClN3O3/c1-6-17(13-12-16(3)27(4)14-15-29-5)25-22(28)21-20(7-2)26-23(30-21)18-10-8-9-11-19(18)24/h6,8-13H,3,7,14-15H2,1-2,4-5H3,(H,25,28)/b13-12-,17-6+. The number of ether oxygens (including phenoxy) is 1. The Hall–Kier alpha value is -2.83. The van der Waals surface area contributed by atoms with Crippen LogP contribution in [0.4, 0.5) is 0 Å². The first-order chi connectivity index (χ1) is 14.4. The number of oxazole rings is 1. The number of aromatic nitrogens is 1. The van der Waals surface area contributed by atoms with E-state index in [1.807, 2.05) is 44.0 Å².